The van der Waals surface area contributed by atoms with E-state index in [9.17, 15) is 13.2 Å². The van der Waals surface area contributed by atoms with E-state index >= 15 is 0 Å². The van der Waals surface area contributed by atoms with Crippen molar-refractivity contribution in [3.8, 4) is 11.3 Å². The van der Waals surface area contributed by atoms with Crippen LogP contribution in [0.3, 0.4) is 0 Å². The average Bonchev–Trinajstić information content (AvgIpc) is 3.55. The van der Waals surface area contributed by atoms with E-state index in [4.69, 9.17) is 4.98 Å². The summed E-state index contributed by atoms with van der Waals surface area (Å²) in [6.07, 6.45) is 8.64. The molecule has 0 radical (unpaired) electrons. The molecular weight excluding hydrogens is 440 g/mol. The normalized spacial score (nSPS) is 17.7. The zero-order valence-corrected chi connectivity index (χ0v) is 19.2. The van der Waals surface area contributed by atoms with Crippen LogP contribution < -0.4 is 5.32 Å². The van der Waals surface area contributed by atoms with Crippen molar-refractivity contribution in [3.05, 3.63) is 60.3 Å². The van der Waals surface area contributed by atoms with Gasteiger partial charge in [-0.15, -0.1) is 0 Å². The molecule has 1 saturated heterocycles. The molecule has 1 aromatic carbocycles. The van der Waals surface area contributed by atoms with Crippen LogP contribution in [0.5, 0.6) is 0 Å². The third-order valence-corrected chi connectivity index (χ3v) is 8.04. The highest BCUT2D eigenvalue weighted by Gasteiger charge is 2.32. The molecule has 1 aliphatic heterocycles. The van der Waals surface area contributed by atoms with Gasteiger partial charge in [-0.1, -0.05) is 6.07 Å². The summed E-state index contributed by atoms with van der Waals surface area (Å²) in [6.45, 7) is 0.762. The van der Waals surface area contributed by atoms with Crippen LogP contribution in [-0.2, 0) is 17.1 Å². The summed E-state index contributed by atoms with van der Waals surface area (Å²) in [5, 5.41) is 7.10. The van der Waals surface area contributed by atoms with Crippen LogP contribution in [0.4, 0.5) is 0 Å². The average molecular weight is 467 g/mol. The molecule has 172 valence electrons. The van der Waals surface area contributed by atoms with Crippen molar-refractivity contribution in [2.45, 2.75) is 42.5 Å². The summed E-state index contributed by atoms with van der Waals surface area (Å²) < 4.78 is 29.7. The lowest BCUT2D eigenvalue weighted by atomic mass is 9.97. The van der Waals surface area contributed by atoms with Gasteiger partial charge in [0.15, 0.2) is 0 Å². The summed E-state index contributed by atoms with van der Waals surface area (Å²) in [6, 6.07) is 8.37. The van der Waals surface area contributed by atoms with E-state index in [1.807, 2.05) is 19.3 Å². The van der Waals surface area contributed by atoms with Gasteiger partial charge < -0.3 is 5.32 Å². The number of hydrogen-bond acceptors (Lipinski definition) is 6. The number of amides is 1. The Morgan fingerprint density at radius 2 is 1.91 bits per heavy atom. The van der Waals surface area contributed by atoms with Crippen LogP contribution in [-0.4, -0.2) is 57.5 Å². The monoisotopic (exact) mass is 466 g/mol. The van der Waals surface area contributed by atoms with Crippen LogP contribution in [0.1, 0.15) is 47.8 Å². The number of nitrogens with one attached hydrogen (secondary N) is 1. The number of sulfonamides is 1. The van der Waals surface area contributed by atoms with E-state index in [-0.39, 0.29) is 22.8 Å². The van der Waals surface area contributed by atoms with Gasteiger partial charge in [-0.25, -0.2) is 18.4 Å². The Hall–Kier alpha value is -3.11. The Labute approximate surface area is 192 Å². The minimum absolute atomic E-state index is 0.0868. The first-order valence-corrected chi connectivity index (χ1v) is 12.6. The zero-order chi connectivity index (χ0) is 23.0. The second kappa shape index (κ2) is 8.68. The first-order chi connectivity index (χ1) is 15.9. The number of hydrogen-bond donors (Lipinski definition) is 1. The number of nitrogens with zero attached hydrogens (tertiary/aromatic N) is 5. The molecule has 0 unspecified atom stereocenters. The fourth-order valence-corrected chi connectivity index (χ4v) is 5.60. The van der Waals surface area contributed by atoms with Gasteiger partial charge in [0.1, 0.15) is 5.82 Å². The van der Waals surface area contributed by atoms with Crippen molar-refractivity contribution in [1.82, 2.24) is 29.4 Å². The van der Waals surface area contributed by atoms with Crippen molar-refractivity contribution < 1.29 is 13.2 Å². The topological polar surface area (TPSA) is 110 Å². The Morgan fingerprint density at radius 3 is 2.61 bits per heavy atom. The number of piperidine rings is 1. The molecule has 2 aromatic heterocycles. The number of carbonyl (C=O) groups excluding carboxylic acids is 1. The molecule has 10 heteroatoms. The molecule has 1 saturated carbocycles. The zero-order valence-electron chi connectivity index (χ0n) is 18.4. The quantitative estimate of drug-likeness (QED) is 0.597. The van der Waals surface area contributed by atoms with Crippen molar-refractivity contribution in [2.24, 2.45) is 7.05 Å². The van der Waals surface area contributed by atoms with Crippen LogP contribution in [0.25, 0.3) is 11.3 Å². The Kier molecular flexibility index (Phi) is 5.71. The lowest BCUT2D eigenvalue weighted by Crippen LogP contribution is -2.38. The third kappa shape index (κ3) is 4.67. The van der Waals surface area contributed by atoms with Crippen LogP contribution >= 0.6 is 0 Å². The van der Waals surface area contributed by atoms with E-state index in [1.165, 1.54) is 10.4 Å². The second-order valence-corrected chi connectivity index (χ2v) is 10.6. The lowest BCUT2D eigenvalue weighted by molar-refractivity contribution is 0.0951. The van der Waals surface area contributed by atoms with Gasteiger partial charge in [-0.3, -0.25) is 9.48 Å². The number of aryl methyl sites for hydroxylation is 1. The molecule has 33 heavy (non-hydrogen) atoms. The number of carbonyl (C=O) groups is 1. The molecule has 1 aliphatic carbocycles. The standard InChI is InChI=1S/C23H26N6O3S/c1-28-15-18(14-25-28)21-7-10-24-22(27-21)16-8-11-29(12-9-16)33(31,32)20-4-2-3-17(13-20)23(30)26-19-5-6-19/h2-4,7,10,13-16,19H,5-6,8-9,11-12H2,1H3,(H,26,30). The molecule has 5 rings (SSSR count). The molecule has 1 N–H and O–H groups in total. The molecule has 3 heterocycles. The van der Waals surface area contributed by atoms with Gasteiger partial charge in [0, 0.05) is 55.6 Å². The van der Waals surface area contributed by atoms with Crippen LogP contribution in [0.15, 0.2) is 53.8 Å². The Balaban J connectivity index is 1.27. The fraction of sp³-hybridized carbons (Fsp3) is 0.391. The predicted molar refractivity (Wildman–Crippen MR) is 122 cm³/mol. The first-order valence-electron chi connectivity index (χ1n) is 11.1. The lowest BCUT2D eigenvalue weighted by Gasteiger charge is -2.30. The summed E-state index contributed by atoms with van der Waals surface area (Å²) in [4.78, 5) is 21.7. The van der Waals surface area contributed by atoms with Gasteiger partial charge >= 0.3 is 0 Å². The van der Waals surface area contributed by atoms with Crippen LogP contribution in [0, 0.1) is 0 Å². The molecular formula is C23H26N6O3S. The highest BCUT2D eigenvalue weighted by Crippen LogP contribution is 2.30. The van der Waals surface area contributed by atoms with Crippen LogP contribution in [0.2, 0.25) is 0 Å². The highest BCUT2D eigenvalue weighted by molar-refractivity contribution is 7.89. The van der Waals surface area contributed by atoms with Crippen molar-refractivity contribution in [2.75, 3.05) is 13.1 Å². The highest BCUT2D eigenvalue weighted by atomic mass is 32.2. The first kappa shape index (κ1) is 21.7. The maximum Gasteiger partial charge on any atom is 0.251 e. The molecule has 1 amide bonds. The molecule has 9 nitrogen and oxygen atoms in total. The van der Waals surface area contributed by atoms with Gasteiger partial charge in [-0.2, -0.15) is 9.40 Å². The molecule has 2 fully saturated rings. The molecule has 0 atom stereocenters. The SMILES string of the molecule is Cn1cc(-c2ccnc(C3CCN(S(=O)(=O)c4cccc(C(=O)NC5CC5)c4)CC3)n2)cn1. The summed E-state index contributed by atoms with van der Waals surface area (Å²) in [5.41, 5.74) is 2.11. The van der Waals surface area contributed by atoms with Gasteiger partial charge in [0.2, 0.25) is 10.0 Å². The summed E-state index contributed by atoms with van der Waals surface area (Å²) in [7, 11) is -1.83. The molecule has 3 aromatic rings. The number of aromatic nitrogens is 4. The fourth-order valence-electron chi connectivity index (χ4n) is 4.08. The Morgan fingerprint density at radius 1 is 1.12 bits per heavy atom. The minimum Gasteiger partial charge on any atom is -0.349 e. The van der Waals surface area contributed by atoms with E-state index in [2.05, 4.69) is 15.4 Å². The van der Waals surface area contributed by atoms with E-state index in [0.29, 0.717) is 31.5 Å². The third-order valence-electron chi connectivity index (χ3n) is 6.14. The minimum atomic E-state index is -3.68. The van der Waals surface area contributed by atoms with Crippen molar-refractivity contribution in [1.29, 1.82) is 0 Å². The predicted octanol–water partition coefficient (Wildman–Crippen LogP) is 2.34. The molecule has 2 aliphatic rings. The van der Waals surface area contributed by atoms with Crippen molar-refractivity contribution in [3.63, 3.8) is 0 Å². The van der Waals surface area contributed by atoms with Gasteiger partial charge in [-0.05, 0) is 49.9 Å². The maximum absolute atomic E-state index is 13.2. The van der Waals surface area contributed by atoms with Crippen molar-refractivity contribution >= 4 is 15.9 Å². The largest absolute Gasteiger partial charge is 0.349 e. The van der Waals surface area contributed by atoms with E-state index < -0.39 is 10.0 Å². The Bertz CT molecular complexity index is 1280. The summed E-state index contributed by atoms with van der Waals surface area (Å²) in [5.74, 6) is 0.592. The van der Waals surface area contributed by atoms with Gasteiger partial charge in [0.05, 0.1) is 16.8 Å². The van der Waals surface area contributed by atoms with Gasteiger partial charge in [0.25, 0.3) is 5.91 Å². The molecule has 0 spiro atoms. The molecule has 0 bridgehead atoms. The van der Waals surface area contributed by atoms with E-state index in [0.717, 1.165) is 29.9 Å². The smallest absolute Gasteiger partial charge is 0.251 e. The van der Waals surface area contributed by atoms with E-state index in [1.54, 1.807) is 35.3 Å². The number of rotatable bonds is 6. The summed E-state index contributed by atoms with van der Waals surface area (Å²) >= 11 is 0. The maximum atomic E-state index is 13.2. The second-order valence-electron chi connectivity index (χ2n) is 8.66. The number of benzene rings is 1.